The lowest BCUT2D eigenvalue weighted by Crippen LogP contribution is -2.15. The Bertz CT molecular complexity index is 2230. The van der Waals surface area contributed by atoms with E-state index in [2.05, 4.69) is 98.8 Å². The van der Waals surface area contributed by atoms with Gasteiger partial charge in [-0.1, -0.05) is 98.8 Å². The van der Waals surface area contributed by atoms with Crippen LogP contribution in [0.5, 0.6) is 0 Å². The van der Waals surface area contributed by atoms with Crippen molar-refractivity contribution in [1.82, 2.24) is 0 Å². The molecule has 7 aromatic rings. The van der Waals surface area contributed by atoms with Crippen molar-refractivity contribution in [2.75, 3.05) is 0 Å². The molecule has 1 aliphatic rings. The van der Waals surface area contributed by atoms with E-state index >= 15 is 0 Å². The van der Waals surface area contributed by atoms with Crippen molar-refractivity contribution in [3.05, 3.63) is 137 Å². The zero-order valence-corrected chi connectivity index (χ0v) is 22.2. The van der Waals surface area contributed by atoms with E-state index in [9.17, 15) is 10.1 Å². The van der Waals surface area contributed by atoms with Crippen LogP contribution in [0.1, 0.15) is 25.0 Å². The molecule has 0 radical (unpaired) electrons. The highest BCUT2D eigenvalue weighted by Gasteiger charge is 2.38. The highest BCUT2D eigenvalue weighted by Crippen LogP contribution is 2.54. The number of nitro groups is 1. The van der Waals surface area contributed by atoms with Gasteiger partial charge < -0.3 is 0 Å². The molecule has 0 saturated heterocycles. The maximum Gasteiger partial charge on any atom is 0.277 e. The fourth-order valence-corrected chi connectivity index (χ4v) is 7.09. The lowest BCUT2D eigenvalue weighted by molar-refractivity contribution is -0.384. The van der Waals surface area contributed by atoms with E-state index in [4.69, 9.17) is 0 Å². The molecule has 0 aliphatic heterocycles. The Balaban J connectivity index is 1.48. The third-order valence-corrected chi connectivity index (χ3v) is 8.89. The first kappa shape index (κ1) is 22.9. The van der Waals surface area contributed by atoms with Crippen molar-refractivity contribution < 1.29 is 4.92 Å². The van der Waals surface area contributed by atoms with Crippen LogP contribution in [-0.2, 0) is 5.41 Å². The van der Waals surface area contributed by atoms with Gasteiger partial charge >= 0.3 is 0 Å². The largest absolute Gasteiger partial charge is 0.277 e. The molecule has 8 rings (SSSR count). The molecule has 0 N–H and O–H groups in total. The van der Waals surface area contributed by atoms with E-state index in [1.165, 1.54) is 59.8 Å². The number of rotatable bonds is 2. The van der Waals surface area contributed by atoms with Gasteiger partial charge in [-0.05, 0) is 95.2 Å². The topological polar surface area (TPSA) is 43.1 Å². The van der Waals surface area contributed by atoms with Crippen molar-refractivity contribution in [3.63, 3.8) is 0 Å². The van der Waals surface area contributed by atoms with Crippen LogP contribution < -0.4 is 0 Å². The third kappa shape index (κ3) is 3.00. The SMILES string of the molecule is CC1(C)c2ccc(-c3ccccc3[N+](=O)[O-])cc2-c2ccc3c4cc5ccccc5cc4c4ccccc4c3c21. The summed E-state index contributed by atoms with van der Waals surface area (Å²) < 4.78 is 0. The Labute approximate surface area is 231 Å². The zero-order chi connectivity index (χ0) is 27.2. The lowest BCUT2D eigenvalue weighted by atomic mass is 9.78. The van der Waals surface area contributed by atoms with Gasteiger partial charge in [-0.15, -0.1) is 0 Å². The summed E-state index contributed by atoms with van der Waals surface area (Å²) in [7, 11) is 0. The molecular weight excluding hydrogens is 490 g/mol. The number of hydrogen-bond acceptors (Lipinski definition) is 2. The molecule has 0 bridgehead atoms. The molecule has 0 amide bonds. The standard InChI is InChI=1S/C37H25NO2/c1-37(2)33-18-15-24(25-11-7-8-14-34(25)38(39)40)21-32(33)29-17-16-28-31-20-23-10-4-3-9-22(23)19-30(31)26-12-5-6-13-27(26)35(28)36(29)37/h3-21H,1-2H3. The Hall–Kier alpha value is -5.02. The van der Waals surface area contributed by atoms with Gasteiger partial charge in [0.25, 0.3) is 5.69 Å². The third-order valence-electron chi connectivity index (χ3n) is 8.89. The van der Waals surface area contributed by atoms with Gasteiger partial charge in [-0.3, -0.25) is 10.1 Å². The predicted molar refractivity (Wildman–Crippen MR) is 166 cm³/mol. The molecule has 0 spiro atoms. The Morgan fingerprint density at radius 2 is 1.20 bits per heavy atom. The summed E-state index contributed by atoms with van der Waals surface area (Å²) in [5.74, 6) is 0. The first-order valence-electron chi connectivity index (χ1n) is 13.6. The molecule has 7 aromatic carbocycles. The van der Waals surface area contributed by atoms with Crippen molar-refractivity contribution >= 4 is 48.8 Å². The van der Waals surface area contributed by atoms with Crippen LogP contribution in [-0.4, -0.2) is 4.92 Å². The summed E-state index contributed by atoms with van der Waals surface area (Å²) in [5.41, 5.74) is 6.33. The number of nitrogens with zero attached hydrogens (tertiary/aromatic N) is 1. The molecule has 1 aliphatic carbocycles. The van der Waals surface area contributed by atoms with Crippen LogP contribution in [0, 0.1) is 10.1 Å². The first-order valence-corrected chi connectivity index (χ1v) is 13.6. The van der Waals surface area contributed by atoms with Crippen LogP contribution >= 0.6 is 0 Å². The Morgan fingerprint density at radius 3 is 1.95 bits per heavy atom. The van der Waals surface area contributed by atoms with Crippen molar-refractivity contribution in [3.8, 4) is 22.3 Å². The zero-order valence-electron chi connectivity index (χ0n) is 22.2. The molecule has 0 heterocycles. The number of benzene rings is 7. The summed E-state index contributed by atoms with van der Waals surface area (Å²) in [6.45, 7) is 4.61. The van der Waals surface area contributed by atoms with E-state index < -0.39 is 0 Å². The molecule has 3 nitrogen and oxygen atoms in total. The maximum atomic E-state index is 11.8. The second-order valence-electron chi connectivity index (χ2n) is 11.4. The molecule has 0 saturated carbocycles. The average Bonchev–Trinajstić information content (AvgIpc) is 3.22. The fourth-order valence-electron chi connectivity index (χ4n) is 7.09. The number of nitro benzene ring substituents is 1. The van der Waals surface area contributed by atoms with Gasteiger partial charge in [-0.25, -0.2) is 0 Å². The number of hydrogen-bond donors (Lipinski definition) is 0. The molecule has 3 heteroatoms. The van der Waals surface area contributed by atoms with Gasteiger partial charge in [0, 0.05) is 11.5 Å². The van der Waals surface area contributed by atoms with E-state index in [1.807, 2.05) is 18.2 Å². The normalized spacial score (nSPS) is 13.7. The second-order valence-corrected chi connectivity index (χ2v) is 11.4. The average molecular weight is 516 g/mol. The first-order chi connectivity index (χ1) is 19.4. The molecule has 190 valence electrons. The van der Waals surface area contributed by atoms with Crippen molar-refractivity contribution in [2.45, 2.75) is 19.3 Å². The molecule has 0 atom stereocenters. The molecule has 0 aromatic heterocycles. The van der Waals surface area contributed by atoms with E-state index in [0.29, 0.717) is 5.56 Å². The van der Waals surface area contributed by atoms with Gasteiger partial charge in [-0.2, -0.15) is 0 Å². The predicted octanol–water partition coefficient (Wildman–Crippen LogP) is 10.2. The summed E-state index contributed by atoms with van der Waals surface area (Å²) in [4.78, 5) is 11.5. The van der Waals surface area contributed by atoms with Crippen LogP contribution in [0.4, 0.5) is 5.69 Å². The number of para-hydroxylation sites is 1. The lowest BCUT2D eigenvalue weighted by Gasteiger charge is -2.25. The van der Waals surface area contributed by atoms with E-state index in [1.54, 1.807) is 12.1 Å². The Kier molecular flexibility index (Phi) is 4.58. The second kappa shape index (κ2) is 8.00. The van der Waals surface area contributed by atoms with E-state index in [0.717, 1.165) is 11.1 Å². The number of fused-ring (bicyclic) bond motifs is 11. The van der Waals surface area contributed by atoms with Crippen LogP contribution in [0.2, 0.25) is 0 Å². The quantitative estimate of drug-likeness (QED) is 0.0995. The summed E-state index contributed by atoms with van der Waals surface area (Å²) in [6.07, 6.45) is 0. The van der Waals surface area contributed by atoms with Crippen LogP contribution in [0.25, 0.3) is 65.3 Å². The summed E-state index contributed by atoms with van der Waals surface area (Å²) in [5, 5.41) is 21.9. The minimum Gasteiger partial charge on any atom is -0.258 e. The van der Waals surface area contributed by atoms with Crippen molar-refractivity contribution in [1.29, 1.82) is 0 Å². The highest BCUT2D eigenvalue weighted by molar-refractivity contribution is 6.29. The minimum atomic E-state index is -0.297. The smallest absolute Gasteiger partial charge is 0.258 e. The van der Waals surface area contributed by atoms with Gasteiger partial charge in [0.2, 0.25) is 0 Å². The summed E-state index contributed by atoms with van der Waals surface area (Å²) >= 11 is 0. The minimum absolute atomic E-state index is 0.128. The van der Waals surface area contributed by atoms with Crippen LogP contribution in [0.3, 0.4) is 0 Å². The molecular formula is C37H25NO2. The monoisotopic (exact) mass is 515 g/mol. The summed E-state index contributed by atoms with van der Waals surface area (Å²) in [6, 6.07) is 39.9. The van der Waals surface area contributed by atoms with Gasteiger partial charge in [0.1, 0.15) is 0 Å². The van der Waals surface area contributed by atoms with Gasteiger partial charge in [0.05, 0.1) is 10.5 Å². The van der Waals surface area contributed by atoms with Crippen LogP contribution in [0.15, 0.2) is 115 Å². The van der Waals surface area contributed by atoms with Crippen molar-refractivity contribution in [2.24, 2.45) is 0 Å². The van der Waals surface area contributed by atoms with E-state index in [-0.39, 0.29) is 16.0 Å². The maximum absolute atomic E-state index is 11.8. The Morgan fingerprint density at radius 1 is 0.575 bits per heavy atom. The molecule has 40 heavy (non-hydrogen) atoms. The van der Waals surface area contributed by atoms with Gasteiger partial charge in [0.15, 0.2) is 0 Å². The fraction of sp³-hybridized carbons (Fsp3) is 0.0811. The molecule has 0 fully saturated rings. The molecule has 0 unspecified atom stereocenters. The highest BCUT2D eigenvalue weighted by atomic mass is 16.6.